The number of hydrogen-bond donors (Lipinski definition) is 1. The van der Waals surface area contributed by atoms with Crippen molar-refractivity contribution in [1.82, 2.24) is 5.32 Å². The summed E-state index contributed by atoms with van der Waals surface area (Å²) in [6, 6.07) is 0.556. The normalized spacial score (nSPS) is 19.3. The molecule has 1 rings (SSSR count). The van der Waals surface area contributed by atoms with E-state index in [2.05, 4.69) is 33.0 Å². The van der Waals surface area contributed by atoms with Crippen molar-refractivity contribution >= 4 is 0 Å². The number of rotatable bonds is 7. The smallest absolute Gasteiger partial charge is 0.0722 e. The molecule has 1 fully saturated rings. The molecule has 1 atom stereocenters. The lowest BCUT2D eigenvalue weighted by Crippen LogP contribution is -2.36. The van der Waals surface area contributed by atoms with Crippen LogP contribution >= 0.6 is 0 Å². The Balaban J connectivity index is 2.15. The third kappa shape index (κ3) is 4.97. The molecule has 1 saturated carbocycles. The van der Waals surface area contributed by atoms with Gasteiger partial charge in [-0.25, -0.2) is 0 Å². The van der Waals surface area contributed by atoms with Gasteiger partial charge in [-0.2, -0.15) is 0 Å². The van der Waals surface area contributed by atoms with Crippen LogP contribution in [0.1, 0.15) is 40.5 Å². The molecule has 0 aromatic carbocycles. The van der Waals surface area contributed by atoms with Gasteiger partial charge in [0.1, 0.15) is 0 Å². The fraction of sp³-hybridized carbons (Fsp3) is 1.00. The Morgan fingerprint density at radius 1 is 1.21 bits per heavy atom. The maximum absolute atomic E-state index is 5.92. The Hall–Kier alpha value is -0.0800. The molecule has 0 aromatic heterocycles. The van der Waals surface area contributed by atoms with E-state index in [1.807, 2.05) is 0 Å². The van der Waals surface area contributed by atoms with E-state index in [0.717, 1.165) is 19.1 Å². The van der Waals surface area contributed by atoms with E-state index in [1.54, 1.807) is 0 Å². The zero-order chi connectivity index (χ0) is 10.6. The van der Waals surface area contributed by atoms with Crippen LogP contribution in [-0.4, -0.2) is 25.3 Å². The number of nitrogens with one attached hydrogen (secondary N) is 1. The Morgan fingerprint density at radius 3 is 2.29 bits per heavy atom. The molecular formula is C12H25NO. The Bertz CT molecular complexity index is 146. The topological polar surface area (TPSA) is 21.3 Å². The van der Waals surface area contributed by atoms with Crippen LogP contribution in [0.5, 0.6) is 0 Å². The van der Waals surface area contributed by atoms with Crippen molar-refractivity contribution in [2.24, 2.45) is 11.8 Å². The molecule has 0 heterocycles. The molecule has 1 unspecified atom stereocenters. The van der Waals surface area contributed by atoms with Crippen LogP contribution in [0.2, 0.25) is 0 Å². The average molecular weight is 199 g/mol. The van der Waals surface area contributed by atoms with Gasteiger partial charge in [0.15, 0.2) is 0 Å². The quantitative estimate of drug-likeness (QED) is 0.680. The molecule has 0 bridgehead atoms. The van der Waals surface area contributed by atoms with Crippen molar-refractivity contribution in [3.05, 3.63) is 0 Å². The second-order valence-corrected chi connectivity index (χ2v) is 5.12. The molecule has 2 nitrogen and oxygen atoms in total. The van der Waals surface area contributed by atoms with Crippen molar-refractivity contribution in [3.63, 3.8) is 0 Å². The van der Waals surface area contributed by atoms with Gasteiger partial charge < -0.3 is 10.1 Å². The molecule has 1 aliphatic rings. The molecule has 1 N–H and O–H groups in total. The third-order valence-electron chi connectivity index (χ3n) is 2.71. The van der Waals surface area contributed by atoms with E-state index in [0.29, 0.717) is 18.1 Å². The first kappa shape index (κ1) is 12.0. The molecule has 0 spiro atoms. The van der Waals surface area contributed by atoms with E-state index in [-0.39, 0.29) is 0 Å². The van der Waals surface area contributed by atoms with E-state index >= 15 is 0 Å². The second kappa shape index (κ2) is 5.72. The molecule has 14 heavy (non-hydrogen) atoms. The van der Waals surface area contributed by atoms with Crippen molar-refractivity contribution in [2.75, 3.05) is 13.2 Å². The molecule has 0 saturated heterocycles. The first-order valence-electron chi connectivity index (χ1n) is 5.94. The largest absolute Gasteiger partial charge is 0.376 e. The molecular weight excluding hydrogens is 174 g/mol. The van der Waals surface area contributed by atoms with Gasteiger partial charge in [-0.3, -0.25) is 0 Å². The summed E-state index contributed by atoms with van der Waals surface area (Å²) in [5.74, 6) is 1.48. The molecule has 2 heteroatoms. The molecule has 0 aliphatic heterocycles. The minimum atomic E-state index is 0.387. The first-order chi connectivity index (χ1) is 6.59. The summed E-state index contributed by atoms with van der Waals surface area (Å²) in [5.41, 5.74) is 0. The maximum atomic E-state index is 5.92. The molecule has 1 aliphatic carbocycles. The summed E-state index contributed by atoms with van der Waals surface area (Å²) in [5, 5.41) is 3.45. The van der Waals surface area contributed by atoms with Crippen LogP contribution < -0.4 is 5.32 Å². The SMILES string of the molecule is CC(C)NCC(OCC1CC1)C(C)C. The van der Waals surface area contributed by atoms with Gasteiger partial charge in [-0.15, -0.1) is 0 Å². The maximum Gasteiger partial charge on any atom is 0.0722 e. The minimum Gasteiger partial charge on any atom is -0.376 e. The molecule has 0 radical (unpaired) electrons. The Morgan fingerprint density at radius 2 is 1.86 bits per heavy atom. The fourth-order valence-corrected chi connectivity index (χ4v) is 1.38. The predicted octanol–water partition coefficient (Wildman–Crippen LogP) is 2.44. The van der Waals surface area contributed by atoms with Crippen LogP contribution in [0.4, 0.5) is 0 Å². The Kier molecular flexibility index (Phi) is 4.90. The third-order valence-corrected chi connectivity index (χ3v) is 2.71. The molecule has 0 aromatic rings. The van der Waals surface area contributed by atoms with Gasteiger partial charge >= 0.3 is 0 Å². The number of hydrogen-bond acceptors (Lipinski definition) is 2. The molecule has 84 valence electrons. The van der Waals surface area contributed by atoms with E-state index in [4.69, 9.17) is 4.74 Å². The lowest BCUT2D eigenvalue weighted by molar-refractivity contribution is 0.0157. The lowest BCUT2D eigenvalue weighted by atomic mass is 10.1. The first-order valence-corrected chi connectivity index (χ1v) is 5.94. The summed E-state index contributed by atoms with van der Waals surface area (Å²) in [7, 11) is 0. The highest BCUT2D eigenvalue weighted by atomic mass is 16.5. The average Bonchev–Trinajstić information content (AvgIpc) is 2.86. The van der Waals surface area contributed by atoms with E-state index in [1.165, 1.54) is 12.8 Å². The van der Waals surface area contributed by atoms with Crippen LogP contribution in [0.25, 0.3) is 0 Å². The molecule has 0 amide bonds. The van der Waals surface area contributed by atoms with E-state index in [9.17, 15) is 0 Å². The summed E-state index contributed by atoms with van der Waals surface area (Å²) >= 11 is 0. The summed E-state index contributed by atoms with van der Waals surface area (Å²) in [4.78, 5) is 0. The zero-order valence-electron chi connectivity index (χ0n) is 10.0. The van der Waals surface area contributed by atoms with Gasteiger partial charge in [-0.1, -0.05) is 27.7 Å². The monoisotopic (exact) mass is 199 g/mol. The van der Waals surface area contributed by atoms with Crippen molar-refractivity contribution < 1.29 is 4.74 Å². The van der Waals surface area contributed by atoms with Crippen LogP contribution in [0, 0.1) is 11.8 Å². The Labute approximate surface area is 88.4 Å². The van der Waals surface area contributed by atoms with Crippen LogP contribution in [-0.2, 0) is 4.74 Å². The van der Waals surface area contributed by atoms with Crippen molar-refractivity contribution in [2.45, 2.75) is 52.7 Å². The highest BCUT2D eigenvalue weighted by molar-refractivity contribution is 4.74. The predicted molar refractivity (Wildman–Crippen MR) is 60.4 cm³/mol. The fourth-order valence-electron chi connectivity index (χ4n) is 1.38. The van der Waals surface area contributed by atoms with Gasteiger partial charge in [0, 0.05) is 19.2 Å². The zero-order valence-corrected chi connectivity index (χ0v) is 10.0. The van der Waals surface area contributed by atoms with Gasteiger partial charge in [0.25, 0.3) is 0 Å². The highest BCUT2D eigenvalue weighted by Crippen LogP contribution is 2.29. The van der Waals surface area contributed by atoms with Crippen LogP contribution in [0.3, 0.4) is 0 Å². The van der Waals surface area contributed by atoms with Crippen molar-refractivity contribution in [3.8, 4) is 0 Å². The van der Waals surface area contributed by atoms with Gasteiger partial charge in [0.05, 0.1) is 6.10 Å². The summed E-state index contributed by atoms with van der Waals surface area (Å²) < 4.78 is 5.92. The lowest BCUT2D eigenvalue weighted by Gasteiger charge is -2.23. The standard InChI is InChI=1S/C12H25NO/c1-9(2)12(7-13-10(3)4)14-8-11-5-6-11/h9-13H,5-8H2,1-4H3. The summed E-state index contributed by atoms with van der Waals surface area (Å²) in [6.07, 6.45) is 3.14. The number of ether oxygens (including phenoxy) is 1. The summed E-state index contributed by atoms with van der Waals surface area (Å²) in [6.45, 7) is 10.8. The van der Waals surface area contributed by atoms with E-state index < -0.39 is 0 Å². The van der Waals surface area contributed by atoms with Crippen LogP contribution in [0.15, 0.2) is 0 Å². The minimum absolute atomic E-state index is 0.387. The van der Waals surface area contributed by atoms with Gasteiger partial charge in [-0.05, 0) is 24.7 Å². The van der Waals surface area contributed by atoms with Gasteiger partial charge in [0.2, 0.25) is 0 Å². The highest BCUT2D eigenvalue weighted by Gasteiger charge is 2.24. The second-order valence-electron chi connectivity index (χ2n) is 5.12. The van der Waals surface area contributed by atoms with Crippen molar-refractivity contribution in [1.29, 1.82) is 0 Å².